The molecule has 6 heteroatoms. The van der Waals surface area contributed by atoms with Crippen LogP contribution in [0.25, 0.3) is 0 Å². The molecule has 2 heterocycles. The van der Waals surface area contributed by atoms with Crippen LogP contribution in [0.2, 0.25) is 0 Å². The third kappa shape index (κ3) is 2.49. The lowest BCUT2D eigenvalue weighted by atomic mass is 10.3. The lowest BCUT2D eigenvalue weighted by molar-refractivity contribution is 0.442. The Morgan fingerprint density at radius 2 is 2.44 bits per heavy atom. The van der Waals surface area contributed by atoms with Crippen LogP contribution in [0.5, 0.6) is 0 Å². The highest BCUT2D eigenvalue weighted by Crippen LogP contribution is 2.10. The van der Waals surface area contributed by atoms with Gasteiger partial charge in [0.15, 0.2) is 6.19 Å². The van der Waals surface area contributed by atoms with Gasteiger partial charge in [0.1, 0.15) is 4.60 Å². The highest BCUT2D eigenvalue weighted by Gasteiger charge is 2.16. The van der Waals surface area contributed by atoms with Gasteiger partial charge in [0.2, 0.25) is 5.96 Å². The third-order valence-corrected chi connectivity index (χ3v) is 2.73. The maximum Gasteiger partial charge on any atom is 0.207 e. The zero-order valence-corrected chi connectivity index (χ0v) is 10.1. The highest BCUT2D eigenvalue weighted by molar-refractivity contribution is 9.10. The number of halogens is 1. The fourth-order valence-electron chi connectivity index (χ4n) is 1.53. The number of nitrogens with zero attached hydrogens (tertiary/aromatic N) is 4. The number of rotatable bonds is 2. The van der Waals surface area contributed by atoms with Crippen molar-refractivity contribution in [3.05, 3.63) is 28.5 Å². The van der Waals surface area contributed by atoms with E-state index in [9.17, 15) is 0 Å². The number of aliphatic imine (C=N–C) groups is 1. The van der Waals surface area contributed by atoms with Gasteiger partial charge in [-0.05, 0) is 27.6 Å². The van der Waals surface area contributed by atoms with E-state index in [0.29, 0.717) is 12.5 Å². The standard InChI is InChI=1S/C10H10BrN5/c11-9-2-1-8(5-14-9)6-16-4-3-13-10(16)15-7-12/h1-2,5H,3-4,6H2,(H,13,15). The zero-order valence-electron chi connectivity index (χ0n) is 8.52. The van der Waals surface area contributed by atoms with Gasteiger partial charge in [0.05, 0.1) is 6.54 Å². The van der Waals surface area contributed by atoms with Gasteiger partial charge in [-0.25, -0.2) is 4.98 Å². The molecule has 0 amide bonds. The number of nitrogens with one attached hydrogen (secondary N) is 1. The van der Waals surface area contributed by atoms with Gasteiger partial charge in [0.25, 0.3) is 0 Å². The topological polar surface area (TPSA) is 64.3 Å². The number of nitriles is 1. The summed E-state index contributed by atoms with van der Waals surface area (Å²) in [5.74, 6) is 0.644. The molecule has 1 aliphatic rings. The van der Waals surface area contributed by atoms with Gasteiger partial charge in [-0.1, -0.05) is 6.07 Å². The summed E-state index contributed by atoms with van der Waals surface area (Å²) >= 11 is 3.29. The van der Waals surface area contributed by atoms with Crippen LogP contribution in [-0.2, 0) is 6.54 Å². The number of aromatic nitrogens is 1. The minimum atomic E-state index is 0.644. The second-order valence-corrected chi connectivity index (χ2v) is 4.17. The molecule has 16 heavy (non-hydrogen) atoms. The minimum absolute atomic E-state index is 0.644. The lowest BCUT2D eigenvalue weighted by Crippen LogP contribution is -2.35. The van der Waals surface area contributed by atoms with E-state index in [-0.39, 0.29) is 0 Å². The van der Waals surface area contributed by atoms with E-state index in [1.165, 1.54) is 0 Å². The summed E-state index contributed by atoms with van der Waals surface area (Å²) in [7, 11) is 0. The van der Waals surface area contributed by atoms with E-state index in [1.807, 2.05) is 29.4 Å². The molecule has 0 saturated carbocycles. The van der Waals surface area contributed by atoms with Crippen molar-refractivity contribution < 1.29 is 0 Å². The largest absolute Gasteiger partial charge is 0.336 e. The Morgan fingerprint density at radius 1 is 1.56 bits per heavy atom. The fraction of sp³-hybridized carbons (Fsp3) is 0.300. The van der Waals surface area contributed by atoms with E-state index < -0.39 is 0 Å². The predicted molar refractivity (Wildman–Crippen MR) is 63.4 cm³/mol. The Labute approximate surface area is 102 Å². The monoisotopic (exact) mass is 279 g/mol. The van der Waals surface area contributed by atoms with Crippen molar-refractivity contribution >= 4 is 21.9 Å². The molecule has 82 valence electrons. The van der Waals surface area contributed by atoms with Crippen LogP contribution in [0.4, 0.5) is 0 Å². The molecule has 0 saturated heterocycles. The molecule has 0 bridgehead atoms. The smallest absolute Gasteiger partial charge is 0.207 e. The molecule has 0 radical (unpaired) electrons. The zero-order chi connectivity index (χ0) is 11.4. The molecule has 1 aromatic rings. The molecular formula is C10H10BrN5. The van der Waals surface area contributed by atoms with E-state index in [2.05, 4.69) is 31.2 Å². The van der Waals surface area contributed by atoms with Gasteiger partial charge in [0, 0.05) is 19.3 Å². The van der Waals surface area contributed by atoms with E-state index in [1.54, 1.807) is 0 Å². The van der Waals surface area contributed by atoms with Crippen LogP contribution in [-0.4, -0.2) is 28.9 Å². The van der Waals surface area contributed by atoms with Gasteiger partial charge in [-0.2, -0.15) is 5.26 Å². The first-order valence-corrected chi connectivity index (χ1v) is 5.64. The van der Waals surface area contributed by atoms with E-state index in [0.717, 1.165) is 23.3 Å². The predicted octanol–water partition coefficient (Wildman–Crippen LogP) is 1.09. The molecular weight excluding hydrogens is 270 g/mol. The molecule has 1 aromatic heterocycles. The van der Waals surface area contributed by atoms with Crippen molar-refractivity contribution in [3.63, 3.8) is 0 Å². The number of guanidine groups is 1. The Balaban J connectivity index is 2.02. The van der Waals surface area contributed by atoms with E-state index >= 15 is 0 Å². The van der Waals surface area contributed by atoms with Crippen molar-refractivity contribution in [1.82, 2.24) is 15.2 Å². The number of hydrogen-bond donors (Lipinski definition) is 1. The van der Waals surface area contributed by atoms with Crippen LogP contribution in [0.1, 0.15) is 5.56 Å². The average Bonchev–Trinajstić information content (AvgIpc) is 2.70. The molecule has 0 atom stereocenters. The molecule has 0 fully saturated rings. The van der Waals surface area contributed by atoms with Crippen molar-refractivity contribution in [1.29, 1.82) is 5.26 Å². The van der Waals surface area contributed by atoms with Crippen molar-refractivity contribution in [3.8, 4) is 6.19 Å². The molecule has 5 nitrogen and oxygen atoms in total. The van der Waals surface area contributed by atoms with Crippen molar-refractivity contribution in [2.75, 3.05) is 13.1 Å². The molecule has 0 aromatic carbocycles. The normalized spacial score (nSPS) is 14.5. The number of hydrogen-bond acceptors (Lipinski definition) is 5. The molecule has 1 N–H and O–H groups in total. The Hall–Kier alpha value is -1.61. The maximum absolute atomic E-state index is 8.56. The number of pyridine rings is 1. The highest BCUT2D eigenvalue weighted by atomic mass is 79.9. The van der Waals surface area contributed by atoms with Crippen LogP contribution in [0.15, 0.2) is 27.9 Å². The second kappa shape index (κ2) is 4.94. The molecule has 1 aliphatic heterocycles. The van der Waals surface area contributed by atoms with Gasteiger partial charge < -0.3 is 4.90 Å². The Bertz CT molecular complexity index is 434. The molecule has 0 unspecified atom stereocenters. The van der Waals surface area contributed by atoms with Crippen molar-refractivity contribution in [2.45, 2.75) is 6.54 Å². The molecule has 2 rings (SSSR count). The van der Waals surface area contributed by atoms with Crippen LogP contribution >= 0.6 is 15.9 Å². The van der Waals surface area contributed by atoms with Crippen LogP contribution in [0.3, 0.4) is 0 Å². The first-order chi connectivity index (χ1) is 7.79. The first kappa shape index (κ1) is 10.9. The van der Waals surface area contributed by atoms with E-state index in [4.69, 9.17) is 5.26 Å². The van der Waals surface area contributed by atoms with Crippen LogP contribution < -0.4 is 5.32 Å². The summed E-state index contributed by atoms with van der Waals surface area (Å²) in [6.45, 7) is 2.28. The second-order valence-electron chi connectivity index (χ2n) is 3.35. The van der Waals surface area contributed by atoms with Gasteiger partial charge in [-0.15, -0.1) is 0 Å². The summed E-state index contributed by atoms with van der Waals surface area (Å²) in [5, 5.41) is 11.1. The third-order valence-electron chi connectivity index (χ3n) is 2.26. The minimum Gasteiger partial charge on any atom is -0.336 e. The maximum atomic E-state index is 8.56. The fourth-order valence-corrected chi connectivity index (χ4v) is 1.76. The lowest BCUT2D eigenvalue weighted by Gasteiger charge is -2.18. The summed E-state index contributed by atoms with van der Waals surface area (Å²) < 4.78 is 0.821. The summed E-state index contributed by atoms with van der Waals surface area (Å²) in [4.78, 5) is 10.4. The quantitative estimate of drug-likeness (QED) is 0.500. The SMILES string of the molecule is N#CNC1=NCCN1Cc1ccc(Br)nc1. The first-order valence-electron chi connectivity index (χ1n) is 4.84. The van der Waals surface area contributed by atoms with Gasteiger partial charge >= 0.3 is 0 Å². The molecule has 0 aliphatic carbocycles. The summed E-state index contributed by atoms with van der Waals surface area (Å²) in [6.07, 6.45) is 3.70. The summed E-state index contributed by atoms with van der Waals surface area (Å²) in [5.41, 5.74) is 1.09. The average molecular weight is 280 g/mol. The summed E-state index contributed by atoms with van der Waals surface area (Å²) in [6, 6.07) is 3.90. The molecule has 0 spiro atoms. The van der Waals surface area contributed by atoms with Crippen molar-refractivity contribution in [2.24, 2.45) is 4.99 Å². The Morgan fingerprint density at radius 3 is 3.12 bits per heavy atom. The van der Waals surface area contributed by atoms with Crippen LogP contribution in [0, 0.1) is 11.5 Å². The van der Waals surface area contributed by atoms with Gasteiger partial charge in [-0.3, -0.25) is 10.3 Å². The Kier molecular flexibility index (Phi) is 3.37.